The molecule has 0 aromatic heterocycles. The number of halogens is 3. The first-order chi connectivity index (χ1) is 18.0. The smallest absolute Gasteiger partial charge is 0.406 e. The predicted molar refractivity (Wildman–Crippen MR) is 140 cm³/mol. The third-order valence-corrected chi connectivity index (χ3v) is 8.04. The SMILES string of the molecule is CO/N=C(/c1ccc(OC(F)(F)F)cc1)C1CCN(C2(C)CCN(C(=O)c3c(C)cccc3C)CC2)CC1. The number of carbonyl (C=O) groups is 1. The molecule has 38 heavy (non-hydrogen) atoms. The van der Waals surface area contributed by atoms with E-state index in [9.17, 15) is 18.0 Å². The average molecular weight is 532 g/mol. The first kappa shape index (κ1) is 28.0. The number of nitrogens with zero attached hydrogens (tertiary/aromatic N) is 3. The zero-order chi connectivity index (χ0) is 27.5. The number of rotatable bonds is 6. The van der Waals surface area contributed by atoms with Gasteiger partial charge in [0.25, 0.3) is 5.91 Å². The van der Waals surface area contributed by atoms with Gasteiger partial charge >= 0.3 is 6.36 Å². The van der Waals surface area contributed by atoms with Gasteiger partial charge in [0.05, 0.1) is 5.71 Å². The lowest BCUT2D eigenvalue weighted by Crippen LogP contribution is -2.56. The molecule has 2 aromatic carbocycles. The fraction of sp³-hybridized carbons (Fsp3) is 0.517. The fourth-order valence-corrected chi connectivity index (χ4v) is 5.80. The van der Waals surface area contributed by atoms with Crippen molar-refractivity contribution in [3.05, 3.63) is 64.7 Å². The van der Waals surface area contributed by atoms with Crippen molar-refractivity contribution in [3.8, 4) is 5.75 Å². The van der Waals surface area contributed by atoms with Gasteiger partial charge in [-0.25, -0.2) is 0 Å². The Bertz CT molecular complexity index is 1130. The summed E-state index contributed by atoms with van der Waals surface area (Å²) in [6.45, 7) is 9.48. The molecule has 2 heterocycles. The van der Waals surface area contributed by atoms with E-state index in [1.807, 2.05) is 36.9 Å². The summed E-state index contributed by atoms with van der Waals surface area (Å²) in [4.78, 5) is 22.9. The maximum atomic E-state index is 13.3. The molecule has 6 nitrogen and oxygen atoms in total. The lowest BCUT2D eigenvalue weighted by Gasteiger charge is -2.49. The summed E-state index contributed by atoms with van der Waals surface area (Å²) >= 11 is 0. The van der Waals surface area contributed by atoms with Gasteiger partial charge in [0.15, 0.2) is 0 Å². The van der Waals surface area contributed by atoms with Crippen molar-refractivity contribution >= 4 is 11.6 Å². The van der Waals surface area contributed by atoms with Crippen molar-refractivity contribution in [3.63, 3.8) is 0 Å². The number of hydrogen-bond acceptors (Lipinski definition) is 5. The Labute approximate surface area is 222 Å². The molecular formula is C29H36F3N3O3. The highest BCUT2D eigenvalue weighted by Gasteiger charge is 2.39. The van der Waals surface area contributed by atoms with Crippen LogP contribution in [0.2, 0.25) is 0 Å². The second kappa shape index (κ2) is 11.4. The third-order valence-electron chi connectivity index (χ3n) is 8.04. The van der Waals surface area contributed by atoms with Crippen LogP contribution in [-0.2, 0) is 4.84 Å². The Morgan fingerprint density at radius 2 is 1.55 bits per heavy atom. The lowest BCUT2D eigenvalue weighted by molar-refractivity contribution is -0.274. The quantitative estimate of drug-likeness (QED) is 0.341. The molecule has 0 bridgehead atoms. The van der Waals surface area contributed by atoms with Crippen LogP contribution in [0, 0.1) is 19.8 Å². The molecule has 2 aliphatic rings. The largest absolute Gasteiger partial charge is 0.573 e. The van der Waals surface area contributed by atoms with Gasteiger partial charge in [0.1, 0.15) is 12.9 Å². The topological polar surface area (TPSA) is 54.4 Å². The van der Waals surface area contributed by atoms with Gasteiger partial charge in [-0.15, -0.1) is 13.2 Å². The Morgan fingerprint density at radius 3 is 2.08 bits per heavy atom. The predicted octanol–water partition coefficient (Wildman–Crippen LogP) is 5.96. The molecule has 0 spiro atoms. The van der Waals surface area contributed by atoms with Crippen LogP contribution >= 0.6 is 0 Å². The van der Waals surface area contributed by atoms with Gasteiger partial charge in [-0.2, -0.15) is 0 Å². The van der Waals surface area contributed by atoms with E-state index in [4.69, 9.17) is 4.84 Å². The van der Waals surface area contributed by atoms with Crippen molar-refractivity contribution in [2.45, 2.75) is 58.4 Å². The van der Waals surface area contributed by atoms with Crippen molar-refractivity contribution in [1.82, 2.24) is 9.80 Å². The number of benzene rings is 2. The second-order valence-corrected chi connectivity index (χ2v) is 10.5. The highest BCUT2D eigenvalue weighted by atomic mass is 19.4. The van der Waals surface area contributed by atoms with E-state index in [0.29, 0.717) is 0 Å². The Morgan fingerprint density at radius 1 is 0.974 bits per heavy atom. The number of oxime groups is 1. The van der Waals surface area contributed by atoms with Crippen molar-refractivity contribution in [1.29, 1.82) is 0 Å². The van der Waals surface area contributed by atoms with E-state index in [1.54, 1.807) is 12.1 Å². The molecule has 0 N–H and O–H groups in total. The van der Waals surface area contributed by atoms with E-state index >= 15 is 0 Å². The molecule has 206 valence electrons. The summed E-state index contributed by atoms with van der Waals surface area (Å²) < 4.78 is 41.5. The Hall–Kier alpha value is -3.07. The summed E-state index contributed by atoms with van der Waals surface area (Å²) in [6.07, 6.45) is -1.17. The molecule has 0 atom stereocenters. The number of ether oxygens (including phenoxy) is 1. The molecular weight excluding hydrogens is 495 g/mol. The molecule has 0 unspecified atom stereocenters. The number of piperidine rings is 2. The molecule has 9 heteroatoms. The van der Waals surface area contributed by atoms with Crippen molar-refractivity contribution < 1.29 is 27.5 Å². The zero-order valence-corrected chi connectivity index (χ0v) is 22.5. The summed E-state index contributed by atoms with van der Waals surface area (Å²) in [5, 5.41) is 4.24. The van der Waals surface area contributed by atoms with Crippen LogP contribution in [-0.4, -0.2) is 66.6 Å². The number of alkyl halides is 3. The maximum Gasteiger partial charge on any atom is 0.573 e. The number of hydrogen-bond donors (Lipinski definition) is 0. The normalized spacial score (nSPS) is 19.3. The van der Waals surface area contributed by atoms with Gasteiger partial charge in [-0.05, 0) is 100 Å². The second-order valence-electron chi connectivity index (χ2n) is 10.5. The molecule has 2 aliphatic heterocycles. The van der Waals surface area contributed by atoms with Gasteiger partial charge in [-0.1, -0.05) is 23.4 Å². The number of aryl methyl sites for hydroxylation is 2. The van der Waals surface area contributed by atoms with Crippen molar-refractivity contribution in [2.24, 2.45) is 11.1 Å². The highest BCUT2D eigenvalue weighted by molar-refractivity contribution is 6.02. The molecule has 2 saturated heterocycles. The van der Waals surface area contributed by atoms with Crippen LogP contribution in [0.1, 0.15) is 59.7 Å². The van der Waals surface area contributed by atoms with Gasteiger partial charge < -0.3 is 14.5 Å². The summed E-state index contributed by atoms with van der Waals surface area (Å²) in [7, 11) is 1.48. The van der Waals surface area contributed by atoms with E-state index in [0.717, 1.165) is 79.8 Å². The fourth-order valence-electron chi connectivity index (χ4n) is 5.80. The molecule has 0 aliphatic carbocycles. The molecule has 1 amide bonds. The first-order valence-corrected chi connectivity index (χ1v) is 13.1. The molecule has 0 saturated carbocycles. The summed E-state index contributed by atoms with van der Waals surface area (Å²) in [5.74, 6) is -0.00789. The average Bonchev–Trinajstić information content (AvgIpc) is 2.87. The van der Waals surface area contributed by atoms with E-state index < -0.39 is 6.36 Å². The first-order valence-electron chi connectivity index (χ1n) is 13.1. The van der Waals surface area contributed by atoms with Crippen molar-refractivity contribution in [2.75, 3.05) is 33.3 Å². The lowest BCUT2D eigenvalue weighted by atomic mass is 9.82. The van der Waals surface area contributed by atoms with Crippen LogP contribution in [0.15, 0.2) is 47.6 Å². The van der Waals surface area contributed by atoms with E-state index in [-0.39, 0.29) is 23.1 Å². The van der Waals surface area contributed by atoms with E-state index in [1.165, 1.54) is 19.2 Å². The zero-order valence-electron chi connectivity index (χ0n) is 22.5. The minimum Gasteiger partial charge on any atom is -0.406 e. The van der Waals surface area contributed by atoms with Crippen LogP contribution in [0.3, 0.4) is 0 Å². The number of amides is 1. The third kappa shape index (κ3) is 6.31. The van der Waals surface area contributed by atoms with Crippen LogP contribution in [0.25, 0.3) is 0 Å². The molecule has 2 fully saturated rings. The van der Waals surface area contributed by atoms with Crippen LogP contribution in [0.4, 0.5) is 13.2 Å². The van der Waals surface area contributed by atoms with Crippen LogP contribution < -0.4 is 4.74 Å². The Kier molecular flexibility index (Phi) is 8.35. The molecule has 4 rings (SSSR count). The monoisotopic (exact) mass is 531 g/mol. The van der Waals surface area contributed by atoms with Gasteiger partial charge in [0, 0.05) is 30.1 Å². The summed E-state index contributed by atoms with van der Waals surface area (Å²) in [6, 6.07) is 11.8. The molecule has 0 radical (unpaired) electrons. The minimum absolute atomic E-state index is 0.0116. The standard InChI is InChI=1S/C29H36F3N3O3/c1-20-6-5-7-21(2)25(20)27(36)34-18-14-28(3,15-19-34)35-16-12-23(13-17-35)26(33-37-4)22-8-10-24(11-9-22)38-29(30,31)32/h5-11,23H,12-19H2,1-4H3/b33-26-. The van der Waals surface area contributed by atoms with Gasteiger partial charge in [-0.3, -0.25) is 9.69 Å². The molecule has 2 aromatic rings. The number of likely N-dealkylation sites (tertiary alicyclic amines) is 2. The minimum atomic E-state index is -4.73. The van der Waals surface area contributed by atoms with E-state index in [2.05, 4.69) is 21.7 Å². The number of carbonyl (C=O) groups excluding carboxylic acids is 1. The Balaban J connectivity index is 1.36. The summed E-state index contributed by atoms with van der Waals surface area (Å²) in [5.41, 5.74) is 4.33. The van der Waals surface area contributed by atoms with Crippen LogP contribution in [0.5, 0.6) is 5.75 Å². The highest BCUT2D eigenvalue weighted by Crippen LogP contribution is 2.34. The van der Waals surface area contributed by atoms with Gasteiger partial charge in [0.2, 0.25) is 0 Å². The maximum absolute atomic E-state index is 13.3.